The summed E-state index contributed by atoms with van der Waals surface area (Å²) in [6.07, 6.45) is 4.59. The highest BCUT2D eigenvalue weighted by molar-refractivity contribution is 5.75. The van der Waals surface area contributed by atoms with Gasteiger partial charge >= 0.3 is 5.97 Å². The number of hydrogen-bond donors (Lipinski definition) is 2. The molecule has 2 rings (SSSR count). The Kier molecular flexibility index (Phi) is 4.59. The molecule has 0 saturated heterocycles. The summed E-state index contributed by atoms with van der Waals surface area (Å²) in [5.74, 6) is -0.315. The molecular formula is C16H23NO2. The average molecular weight is 261 g/mol. The highest BCUT2D eigenvalue weighted by Crippen LogP contribution is 2.24. The molecular weight excluding hydrogens is 238 g/mol. The van der Waals surface area contributed by atoms with Crippen LogP contribution in [0.5, 0.6) is 0 Å². The van der Waals surface area contributed by atoms with Crippen LogP contribution in [0.25, 0.3) is 0 Å². The second-order valence-electron chi connectivity index (χ2n) is 5.74. The summed E-state index contributed by atoms with van der Waals surface area (Å²) in [4.78, 5) is 11.4. The molecule has 0 bridgehead atoms. The number of carboxylic acid groups (broad SMARTS) is 1. The molecule has 1 aromatic rings. The second kappa shape index (κ2) is 6.20. The molecule has 0 aromatic heterocycles. The Morgan fingerprint density at radius 3 is 2.16 bits per heavy atom. The number of carboxylic acids is 1. The number of aliphatic carboxylic acids is 1. The molecule has 1 aliphatic carbocycles. The first-order valence-corrected chi connectivity index (χ1v) is 7.16. The van der Waals surface area contributed by atoms with E-state index in [1.54, 1.807) is 0 Å². The van der Waals surface area contributed by atoms with Crippen LogP contribution in [-0.2, 0) is 4.79 Å². The minimum atomic E-state index is -0.788. The van der Waals surface area contributed by atoms with Crippen LogP contribution in [0.15, 0.2) is 24.3 Å². The Morgan fingerprint density at radius 2 is 1.68 bits per heavy atom. The fourth-order valence-corrected chi connectivity index (χ4v) is 2.71. The zero-order valence-electron chi connectivity index (χ0n) is 11.7. The smallest absolute Gasteiger partial charge is 0.325 e. The van der Waals surface area contributed by atoms with Crippen LogP contribution in [0.4, 0.5) is 0 Å². The maximum absolute atomic E-state index is 11.4. The lowest BCUT2D eigenvalue weighted by Gasteiger charge is -2.20. The van der Waals surface area contributed by atoms with Gasteiger partial charge in [0, 0.05) is 6.04 Å². The van der Waals surface area contributed by atoms with Gasteiger partial charge in [0.2, 0.25) is 0 Å². The molecule has 1 atom stereocenters. The molecule has 3 nitrogen and oxygen atoms in total. The number of benzene rings is 1. The first-order chi connectivity index (χ1) is 9.08. The van der Waals surface area contributed by atoms with Crippen LogP contribution in [0.2, 0.25) is 0 Å². The van der Waals surface area contributed by atoms with Gasteiger partial charge in [0.05, 0.1) is 0 Å². The molecule has 1 aliphatic rings. The third-order valence-corrected chi connectivity index (χ3v) is 3.94. The lowest BCUT2D eigenvalue weighted by atomic mass is 9.98. The van der Waals surface area contributed by atoms with E-state index in [1.165, 1.54) is 18.4 Å². The van der Waals surface area contributed by atoms with Crippen molar-refractivity contribution in [3.05, 3.63) is 35.4 Å². The van der Waals surface area contributed by atoms with Gasteiger partial charge in [-0.15, -0.1) is 0 Å². The SMILES string of the molecule is CC(C)c1ccc(C(NC2CCCC2)C(=O)O)cc1. The van der Waals surface area contributed by atoms with Crippen molar-refractivity contribution in [2.75, 3.05) is 0 Å². The average Bonchev–Trinajstić information content (AvgIpc) is 2.88. The largest absolute Gasteiger partial charge is 0.480 e. The number of rotatable bonds is 5. The van der Waals surface area contributed by atoms with Crippen molar-refractivity contribution >= 4 is 5.97 Å². The van der Waals surface area contributed by atoms with Crippen molar-refractivity contribution in [1.82, 2.24) is 5.32 Å². The fraction of sp³-hybridized carbons (Fsp3) is 0.562. The number of hydrogen-bond acceptors (Lipinski definition) is 2. The van der Waals surface area contributed by atoms with Gasteiger partial charge in [0.15, 0.2) is 0 Å². The summed E-state index contributed by atoms with van der Waals surface area (Å²) in [6, 6.07) is 7.72. The molecule has 1 aromatic carbocycles. The Hall–Kier alpha value is -1.35. The predicted octanol–water partition coefficient (Wildman–Crippen LogP) is 3.47. The van der Waals surface area contributed by atoms with Gasteiger partial charge < -0.3 is 5.11 Å². The first-order valence-electron chi connectivity index (χ1n) is 7.16. The van der Waals surface area contributed by atoms with E-state index in [4.69, 9.17) is 0 Å². The molecule has 1 unspecified atom stereocenters. The Bertz CT molecular complexity index is 419. The zero-order chi connectivity index (χ0) is 13.8. The summed E-state index contributed by atoms with van der Waals surface area (Å²) in [7, 11) is 0. The summed E-state index contributed by atoms with van der Waals surface area (Å²) in [6.45, 7) is 4.28. The summed E-state index contributed by atoms with van der Waals surface area (Å²) >= 11 is 0. The Labute approximate surface area is 115 Å². The van der Waals surface area contributed by atoms with Crippen molar-refractivity contribution in [2.24, 2.45) is 0 Å². The molecule has 1 saturated carbocycles. The molecule has 2 N–H and O–H groups in total. The van der Waals surface area contributed by atoms with Gasteiger partial charge in [-0.05, 0) is 29.9 Å². The molecule has 1 fully saturated rings. The molecule has 19 heavy (non-hydrogen) atoms. The maximum Gasteiger partial charge on any atom is 0.325 e. The Balaban J connectivity index is 2.11. The van der Waals surface area contributed by atoms with Crippen molar-refractivity contribution in [1.29, 1.82) is 0 Å². The van der Waals surface area contributed by atoms with Crippen LogP contribution in [0.3, 0.4) is 0 Å². The van der Waals surface area contributed by atoms with Crippen LogP contribution in [-0.4, -0.2) is 17.1 Å². The third kappa shape index (κ3) is 3.57. The van der Waals surface area contributed by atoms with Gasteiger partial charge in [-0.1, -0.05) is 51.0 Å². The lowest BCUT2D eigenvalue weighted by Crippen LogP contribution is -2.35. The van der Waals surface area contributed by atoms with E-state index in [9.17, 15) is 9.90 Å². The minimum Gasteiger partial charge on any atom is -0.480 e. The van der Waals surface area contributed by atoms with E-state index in [0.29, 0.717) is 12.0 Å². The van der Waals surface area contributed by atoms with Crippen LogP contribution >= 0.6 is 0 Å². The van der Waals surface area contributed by atoms with Crippen molar-refractivity contribution in [3.63, 3.8) is 0 Å². The van der Waals surface area contributed by atoms with E-state index in [-0.39, 0.29) is 0 Å². The normalized spacial score (nSPS) is 17.8. The van der Waals surface area contributed by atoms with Crippen molar-refractivity contribution in [3.8, 4) is 0 Å². The van der Waals surface area contributed by atoms with Crippen molar-refractivity contribution in [2.45, 2.75) is 57.5 Å². The van der Waals surface area contributed by atoms with E-state index < -0.39 is 12.0 Å². The Morgan fingerprint density at radius 1 is 1.16 bits per heavy atom. The molecule has 3 heteroatoms. The van der Waals surface area contributed by atoms with Gasteiger partial charge in [0.1, 0.15) is 6.04 Å². The summed E-state index contributed by atoms with van der Waals surface area (Å²) < 4.78 is 0. The molecule has 0 heterocycles. The zero-order valence-corrected chi connectivity index (χ0v) is 11.7. The highest BCUT2D eigenvalue weighted by atomic mass is 16.4. The monoisotopic (exact) mass is 261 g/mol. The molecule has 0 aliphatic heterocycles. The third-order valence-electron chi connectivity index (χ3n) is 3.94. The quantitative estimate of drug-likeness (QED) is 0.853. The van der Waals surface area contributed by atoms with E-state index in [1.807, 2.05) is 24.3 Å². The molecule has 0 amide bonds. The van der Waals surface area contributed by atoms with Gasteiger partial charge in [-0.3, -0.25) is 10.1 Å². The van der Waals surface area contributed by atoms with E-state index in [2.05, 4.69) is 19.2 Å². The summed E-state index contributed by atoms with van der Waals surface area (Å²) in [5.41, 5.74) is 2.09. The topological polar surface area (TPSA) is 49.3 Å². The maximum atomic E-state index is 11.4. The van der Waals surface area contributed by atoms with Gasteiger partial charge in [-0.2, -0.15) is 0 Å². The number of carbonyl (C=O) groups is 1. The van der Waals surface area contributed by atoms with Crippen LogP contribution < -0.4 is 5.32 Å². The van der Waals surface area contributed by atoms with Gasteiger partial charge in [-0.25, -0.2) is 0 Å². The van der Waals surface area contributed by atoms with Gasteiger partial charge in [0.25, 0.3) is 0 Å². The second-order valence-corrected chi connectivity index (χ2v) is 5.74. The minimum absolute atomic E-state index is 0.353. The molecule has 0 spiro atoms. The van der Waals surface area contributed by atoms with E-state index in [0.717, 1.165) is 18.4 Å². The lowest BCUT2D eigenvalue weighted by molar-refractivity contribution is -0.139. The number of nitrogens with one attached hydrogen (secondary N) is 1. The fourth-order valence-electron chi connectivity index (χ4n) is 2.71. The first kappa shape index (κ1) is 14.1. The molecule has 0 radical (unpaired) electrons. The van der Waals surface area contributed by atoms with Crippen molar-refractivity contribution < 1.29 is 9.90 Å². The van der Waals surface area contributed by atoms with E-state index >= 15 is 0 Å². The predicted molar refractivity (Wildman–Crippen MR) is 76.3 cm³/mol. The highest BCUT2D eigenvalue weighted by Gasteiger charge is 2.25. The molecule has 104 valence electrons. The standard InChI is InChI=1S/C16H23NO2/c1-11(2)12-7-9-13(10-8-12)15(16(18)19)17-14-5-3-4-6-14/h7-11,14-15,17H,3-6H2,1-2H3,(H,18,19). The van der Waals surface area contributed by atoms with Crippen LogP contribution in [0.1, 0.15) is 62.6 Å². The van der Waals surface area contributed by atoms with Crippen LogP contribution in [0, 0.1) is 0 Å². The summed E-state index contributed by atoms with van der Waals surface area (Å²) in [5, 5.41) is 12.7.